The zero-order valence-corrected chi connectivity index (χ0v) is 18.2. The van der Waals surface area contributed by atoms with Gasteiger partial charge in [0.15, 0.2) is 6.61 Å². The number of benzene rings is 3. The molecule has 0 spiro atoms. The molecular formula is C24H26N2O3S. The van der Waals surface area contributed by atoms with E-state index in [0.29, 0.717) is 0 Å². The third-order valence-corrected chi connectivity index (χ3v) is 5.52. The molecule has 3 aromatic rings. The van der Waals surface area contributed by atoms with E-state index in [1.807, 2.05) is 31.3 Å². The van der Waals surface area contributed by atoms with E-state index in [2.05, 4.69) is 61.6 Å². The van der Waals surface area contributed by atoms with E-state index in [9.17, 15) is 4.79 Å². The summed E-state index contributed by atoms with van der Waals surface area (Å²) in [4.78, 5) is 10.5. The first-order valence-electron chi connectivity index (χ1n) is 9.68. The molecule has 30 heavy (non-hydrogen) atoms. The van der Waals surface area contributed by atoms with Crippen molar-refractivity contribution in [3.63, 3.8) is 0 Å². The largest absolute Gasteiger partial charge is 0.479 e. The van der Waals surface area contributed by atoms with Crippen LogP contribution in [0, 0.1) is 13.8 Å². The molecule has 0 saturated carbocycles. The molecule has 0 radical (unpaired) electrons. The van der Waals surface area contributed by atoms with Crippen molar-refractivity contribution in [2.75, 3.05) is 23.3 Å². The van der Waals surface area contributed by atoms with E-state index in [1.54, 1.807) is 4.31 Å². The Hall–Kier alpha value is -2.96. The maximum Gasteiger partial charge on any atom is 0.331 e. The lowest BCUT2D eigenvalue weighted by Crippen LogP contribution is -2.11. The molecule has 0 aliphatic rings. The molecule has 0 amide bonds. The number of aliphatic carboxylic acids is 1. The molecule has 0 heterocycles. The Balaban J connectivity index is 1.63. The molecule has 0 saturated heterocycles. The van der Waals surface area contributed by atoms with Gasteiger partial charge >= 0.3 is 5.97 Å². The van der Waals surface area contributed by atoms with E-state index in [0.717, 1.165) is 30.1 Å². The fourth-order valence-corrected chi connectivity index (χ4v) is 3.63. The number of nitrogens with zero attached hydrogens (tertiary/aromatic N) is 1. The van der Waals surface area contributed by atoms with Crippen molar-refractivity contribution in [1.82, 2.24) is 0 Å². The molecule has 6 heteroatoms. The molecule has 2 N–H and O–H groups in total. The second kappa shape index (κ2) is 10.2. The van der Waals surface area contributed by atoms with Gasteiger partial charge in [0.05, 0.1) is 0 Å². The van der Waals surface area contributed by atoms with Gasteiger partial charge in [0.25, 0.3) is 0 Å². The number of carboxylic acid groups (broad SMARTS) is 1. The Bertz CT molecular complexity index is 1010. The molecule has 0 fully saturated rings. The summed E-state index contributed by atoms with van der Waals surface area (Å²) < 4.78 is 6.82. The number of carboxylic acids is 1. The molecule has 0 aliphatic carbocycles. The van der Waals surface area contributed by atoms with Gasteiger partial charge in [0, 0.05) is 25.0 Å². The van der Waals surface area contributed by atoms with Crippen LogP contribution >= 0.6 is 12.2 Å². The van der Waals surface area contributed by atoms with Gasteiger partial charge in [-0.05, 0) is 72.0 Å². The maximum absolute atomic E-state index is 10.5. The number of aryl methyl sites for hydroxylation is 2. The summed E-state index contributed by atoms with van der Waals surface area (Å²) in [7, 11) is 1.83. The van der Waals surface area contributed by atoms with E-state index in [4.69, 9.17) is 9.29 Å². The van der Waals surface area contributed by atoms with Crippen LogP contribution in [0.15, 0.2) is 66.7 Å². The zero-order chi connectivity index (χ0) is 21.5. The lowest BCUT2D eigenvalue weighted by molar-refractivity contribution is -0.138. The van der Waals surface area contributed by atoms with Crippen LogP contribution in [-0.4, -0.2) is 24.7 Å². The van der Waals surface area contributed by atoms with Crippen LogP contribution in [0.5, 0.6) is 0 Å². The third kappa shape index (κ3) is 5.78. The molecule has 0 aromatic heterocycles. The van der Waals surface area contributed by atoms with Crippen LogP contribution in [0.2, 0.25) is 0 Å². The van der Waals surface area contributed by atoms with Gasteiger partial charge in [-0.1, -0.05) is 36.4 Å². The summed E-state index contributed by atoms with van der Waals surface area (Å²) in [5, 5.41) is 12.1. The quantitative estimate of drug-likeness (QED) is 0.342. The van der Waals surface area contributed by atoms with Gasteiger partial charge in [0.2, 0.25) is 0 Å². The highest BCUT2D eigenvalue weighted by molar-refractivity contribution is 7.96. The van der Waals surface area contributed by atoms with Gasteiger partial charge in [-0.3, -0.25) is 8.49 Å². The Morgan fingerprint density at radius 3 is 2.47 bits per heavy atom. The lowest BCUT2D eigenvalue weighted by atomic mass is 9.96. The first-order chi connectivity index (χ1) is 14.4. The molecule has 3 aromatic carbocycles. The summed E-state index contributed by atoms with van der Waals surface area (Å²) in [6.07, 6.45) is 0. The molecule has 5 nitrogen and oxygen atoms in total. The number of carbonyl (C=O) groups is 1. The van der Waals surface area contributed by atoms with Gasteiger partial charge in [-0.2, -0.15) is 0 Å². The smallest absolute Gasteiger partial charge is 0.331 e. The highest BCUT2D eigenvalue weighted by Crippen LogP contribution is 2.27. The number of rotatable bonds is 9. The van der Waals surface area contributed by atoms with Gasteiger partial charge in [-0.15, -0.1) is 0 Å². The summed E-state index contributed by atoms with van der Waals surface area (Å²) in [6.45, 7) is 4.66. The Labute approximate surface area is 182 Å². The molecule has 0 aliphatic heterocycles. The highest BCUT2D eigenvalue weighted by Gasteiger charge is 2.07. The fourth-order valence-electron chi connectivity index (χ4n) is 3.11. The first kappa shape index (κ1) is 21.7. The molecule has 156 valence electrons. The van der Waals surface area contributed by atoms with Crippen LogP contribution in [0.3, 0.4) is 0 Å². The minimum absolute atomic E-state index is 0.338. The van der Waals surface area contributed by atoms with Gasteiger partial charge in [0.1, 0.15) is 12.2 Å². The van der Waals surface area contributed by atoms with Crippen LogP contribution in [-0.2, 0) is 15.5 Å². The lowest BCUT2D eigenvalue weighted by Gasteiger charge is -2.17. The van der Waals surface area contributed by atoms with E-state index in [-0.39, 0.29) is 6.61 Å². The third-order valence-electron chi connectivity index (χ3n) is 4.87. The van der Waals surface area contributed by atoms with Crippen LogP contribution in [0.25, 0.3) is 11.1 Å². The van der Waals surface area contributed by atoms with Crippen molar-refractivity contribution in [1.29, 1.82) is 0 Å². The zero-order valence-electron chi connectivity index (χ0n) is 17.4. The van der Waals surface area contributed by atoms with Crippen molar-refractivity contribution in [2.24, 2.45) is 0 Å². The van der Waals surface area contributed by atoms with Crippen molar-refractivity contribution < 1.29 is 14.1 Å². The standard InChI is InChI=1S/C24H26N2O3S/c1-17-8-9-19(23-7-5-4-6-18(23)2)14-20(17)15-25-21-10-12-22(13-11-21)26(3)30-29-16-24(27)28/h4-14,25H,15-16H2,1-3H3,(H,27,28). The predicted octanol–water partition coefficient (Wildman–Crippen LogP) is 5.68. The van der Waals surface area contributed by atoms with Gasteiger partial charge in [-0.25, -0.2) is 4.79 Å². The molecule has 0 bridgehead atoms. The number of anilines is 2. The average Bonchev–Trinajstić information content (AvgIpc) is 2.74. The van der Waals surface area contributed by atoms with Crippen molar-refractivity contribution >= 4 is 29.6 Å². The summed E-state index contributed by atoms with van der Waals surface area (Å²) >= 11 is 1.01. The summed E-state index contributed by atoms with van der Waals surface area (Å²) in [5.74, 6) is -0.989. The monoisotopic (exact) mass is 422 g/mol. The van der Waals surface area contributed by atoms with Crippen molar-refractivity contribution in [3.05, 3.63) is 83.4 Å². The van der Waals surface area contributed by atoms with Crippen LogP contribution < -0.4 is 9.62 Å². The fraction of sp³-hybridized carbons (Fsp3) is 0.208. The number of nitrogens with one attached hydrogen (secondary N) is 1. The van der Waals surface area contributed by atoms with E-state index < -0.39 is 5.97 Å². The Morgan fingerprint density at radius 1 is 1.03 bits per heavy atom. The minimum Gasteiger partial charge on any atom is -0.479 e. The van der Waals surface area contributed by atoms with E-state index in [1.165, 1.54) is 27.8 Å². The Kier molecular flexibility index (Phi) is 7.38. The Morgan fingerprint density at radius 2 is 1.77 bits per heavy atom. The SMILES string of the molecule is Cc1ccc(-c2ccccc2C)cc1CNc1ccc(N(C)SOCC(=O)O)cc1. The second-order valence-electron chi connectivity index (χ2n) is 7.08. The van der Waals surface area contributed by atoms with Crippen molar-refractivity contribution in [2.45, 2.75) is 20.4 Å². The number of hydrogen-bond acceptors (Lipinski definition) is 5. The van der Waals surface area contributed by atoms with Gasteiger partial charge < -0.3 is 10.4 Å². The topological polar surface area (TPSA) is 61.8 Å². The van der Waals surface area contributed by atoms with E-state index >= 15 is 0 Å². The predicted molar refractivity (Wildman–Crippen MR) is 125 cm³/mol. The van der Waals surface area contributed by atoms with Crippen LogP contribution in [0.1, 0.15) is 16.7 Å². The maximum atomic E-state index is 10.5. The van der Waals surface area contributed by atoms with Crippen LogP contribution in [0.4, 0.5) is 11.4 Å². The summed E-state index contributed by atoms with van der Waals surface area (Å²) in [6, 6.07) is 23.0. The average molecular weight is 423 g/mol. The second-order valence-corrected chi connectivity index (χ2v) is 8.02. The minimum atomic E-state index is -0.989. The first-order valence-corrected chi connectivity index (χ1v) is 10.4. The number of hydrogen-bond donors (Lipinski definition) is 2. The molecule has 3 rings (SSSR count). The molecule has 0 atom stereocenters. The molecular weight excluding hydrogens is 396 g/mol. The molecule has 0 unspecified atom stereocenters. The summed E-state index contributed by atoms with van der Waals surface area (Å²) in [5.41, 5.74) is 8.21. The van der Waals surface area contributed by atoms with Crippen molar-refractivity contribution in [3.8, 4) is 11.1 Å². The highest BCUT2D eigenvalue weighted by atomic mass is 32.2. The normalized spacial score (nSPS) is 10.6.